The summed E-state index contributed by atoms with van der Waals surface area (Å²) in [6.45, 7) is 13.3. The second-order valence-corrected chi connectivity index (χ2v) is 7.46. The first-order chi connectivity index (χ1) is 12.8. The Hall–Kier alpha value is -2.40. The highest BCUT2D eigenvalue weighted by atomic mass is 16.5. The molecule has 1 unspecified atom stereocenters. The van der Waals surface area contributed by atoms with Gasteiger partial charge < -0.3 is 10.1 Å². The fourth-order valence-electron chi connectivity index (χ4n) is 3.87. The molecule has 27 heavy (non-hydrogen) atoms. The van der Waals surface area contributed by atoms with Crippen LogP contribution in [0.25, 0.3) is 16.7 Å². The third-order valence-electron chi connectivity index (χ3n) is 5.01. The molecule has 3 aromatic rings. The lowest BCUT2D eigenvalue weighted by atomic mass is 10.1. The first kappa shape index (κ1) is 19.4. The maximum absolute atomic E-state index is 5.36. The van der Waals surface area contributed by atoms with Crippen LogP contribution in [-0.2, 0) is 4.74 Å². The molecule has 0 fully saturated rings. The molecule has 0 bridgehead atoms. The molecule has 0 aliphatic carbocycles. The Labute approximate surface area is 161 Å². The zero-order valence-electron chi connectivity index (χ0n) is 17.5. The van der Waals surface area contributed by atoms with Gasteiger partial charge in [-0.3, -0.25) is 0 Å². The number of pyridine rings is 1. The summed E-state index contributed by atoms with van der Waals surface area (Å²) < 4.78 is 7.36. The van der Waals surface area contributed by atoms with Gasteiger partial charge in [0.1, 0.15) is 0 Å². The molecular formula is C22H30N4O. The summed E-state index contributed by atoms with van der Waals surface area (Å²) >= 11 is 0. The second kappa shape index (κ2) is 7.69. The second-order valence-electron chi connectivity index (χ2n) is 7.46. The van der Waals surface area contributed by atoms with Gasteiger partial charge in [0.05, 0.1) is 23.4 Å². The monoisotopic (exact) mass is 366 g/mol. The first-order valence-electron chi connectivity index (χ1n) is 9.56. The van der Waals surface area contributed by atoms with Gasteiger partial charge in [0.25, 0.3) is 0 Å². The number of aromatic nitrogens is 3. The summed E-state index contributed by atoms with van der Waals surface area (Å²) in [4.78, 5) is 4.85. The Bertz CT molecular complexity index is 951. The van der Waals surface area contributed by atoms with Gasteiger partial charge in [0.15, 0.2) is 5.65 Å². The standard InChI is InChI=1S/C22H30N4O/c1-8-18(12-27-7)24-19-11-16(5)23-22-20(19)17(6)25-26(22)21-14(3)9-13(2)10-15(21)4/h9-11,18H,8,12H2,1-7H3,(H,23,24). The molecule has 1 N–H and O–H groups in total. The van der Waals surface area contributed by atoms with Crippen LogP contribution in [0, 0.1) is 34.6 Å². The van der Waals surface area contributed by atoms with Crippen molar-refractivity contribution in [2.24, 2.45) is 0 Å². The molecule has 0 saturated carbocycles. The lowest BCUT2D eigenvalue weighted by Crippen LogP contribution is -2.24. The van der Waals surface area contributed by atoms with Gasteiger partial charge >= 0.3 is 0 Å². The molecule has 1 aromatic carbocycles. The van der Waals surface area contributed by atoms with Crippen molar-refractivity contribution in [2.75, 3.05) is 19.0 Å². The molecule has 0 aliphatic heterocycles. The van der Waals surface area contributed by atoms with E-state index < -0.39 is 0 Å². The number of nitrogens with one attached hydrogen (secondary N) is 1. The molecule has 0 spiro atoms. The predicted octanol–water partition coefficient (Wildman–Crippen LogP) is 4.80. The minimum absolute atomic E-state index is 0.255. The molecule has 3 rings (SSSR count). The first-order valence-corrected chi connectivity index (χ1v) is 9.56. The summed E-state index contributed by atoms with van der Waals surface area (Å²) in [5, 5.41) is 9.59. The van der Waals surface area contributed by atoms with Crippen LogP contribution in [0.3, 0.4) is 0 Å². The number of aryl methyl sites for hydroxylation is 5. The average molecular weight is 367 g/mol. The van der Waals surface area contributed by atoms with E-state index in [1.807, 2.05) is 11.6 Å². The molecule has 1 atom stereocenters. The topological polar surface area (TPSA) is 52.0 Å². The molecule has 2 aromatic heterocycles. The Morgan fingerprint density at radius 1 is 1.07 bits per heavy atom. The number of fused-ring (bicyclic) bond motifs is 1. The van der Waals surface area contributed by atoms with Gasteiger partial charge in [-0.25, -0.2) is 9.67 Å². The van der Waals surface area contributed by atoms with Crippen LogP contribution < -0.4 is 5.32 Å². The lowest BCUT2D eigenvalue weighted by Gasteiger charge is -2.18. The third kappa shape index (κ3) is 3.69. The van der Waals surface area contributed by atoms with Crippen molar-refractivity contribution in [3.8, 4) is 5.69 Å². The summed E-state index contributed by atoms with van der Waals surface area (Å²) in [7, 11) is 1.74. The van der Waals surface area contributed by atoms with Gasteiger partial charge in [0, 0.05) is 24.5 Å². The molecule has 5 nitrogen and oxygen atoms in total. The number of benzene rings is 1. The Morgan fingerprint density at radius 2 is 1.74 bits per heavy atom. The SMILES string of the molecule is CCC(COC)Nc1cc(C)nc2c1c(C)nn2-c1c(C)cc(C)cc1C. The van der Waals surface area contributed by atoms with Crippen molar-refractivity contribution in [1.82, 2.24) is 14.8 Å². The van der Waals surface area contributed by atoms with Crippen LogP contribution in [0.4, 0.5) is 5.69 Å². The van der Waals surface area contributed by atoms with E-state index in [-0.39, 0.29) is 6.04 Å². The summed E-state index contributed by atoms with van der Waals surface area (Å²) in [5.74, 6) is 0. The zero-order chi connectivity index (χ0) is 19.7. The van der Waals surface area contributed by atoms with E-state index in [1.54, 1.807) is 7.11 Å². The number of methoxy groups -OCH3 is 1. The van der Waals surface area contributed by atoms with Crippen LogP contribution in [0.15, 0.2) is 18.2 Å². The smallest absolute Gasteiger partial charge is 0.165 e. The Kier molecular flexibility index (Phi) is 5.51. The molecule has 0 saturated heterocycles. The summed E-state index contributed by atoms with van der Waals surface area (Å²) in [5.41, 5.74) is 8.73. The average Bonchev–Trinajstić information content (AvgIpc) is 2.90. The van der Waals surface area contributed by atoms with E-state index in [4.69, 9.17) is 14.8 Å². The van der Waals surface area contributed by atoms with E-state index in [1.165, 1.54) is 16.7 Å². The van der Waals surface area contributed by atoms with Crippen molar-refractivity contribution in [2.45, 2.75) is 54.0 Å². The molecule has 5 heteroatoms. The minimum atomic E-state index is 0.255. The quantitative estimate of drug-likeness (QED) is 0.681. The molecule has 0 radical (unpaired) electrons. The Balaban J connectivity index is 2.21. The lowest BCUT2D eigenvalue weighted by molar-refractivity contribution is 0.184. The molecule has 2 heterocycles. The molecular weight excluding hydrogens is 336 g/mol. The molecule has 0 amide bonds. The normalized spacial score (nSPS) is 12.6. The fraction of sp³-hybridized carbons (Fsp3) is 0.455. The molecule has 144 valence electrons. The number of hydrogen-bond acceptors (Lipinski definition) is 4. The third-order valence-corrected chi connectivity index (χ3v) is 5.01. The van der Waals surface area contributed by atoms with Gasteiger partial charge in [0.2, 0.25) is 0 Å². The van der Waals surface area contributed by atoms with Crippen LogP contribution in [0.5, 0.6) is 0 Å². The van der Waals surface area contributed by atoms with Crippen molar-refractivity contribution in [3.05, 3.63) is 46.3 Å². The number of hydrogen-bond donors (Lipinski definition) is 1. The number of anilines is 1. The Morgan fingerprint density at radius 3 is 2.33 bits per heavy atom. The summed E-state index contributed by atoms with van der Waals surface area (Å²) in [6.07, 6.45) is 0.986. The van der Waals surface area contributed by atoms with Crippen molar-refractivity contribution in [1.29, 1.82) is 0 Å². The van der Waals surface area contributed by atoms with Gasteiger partial charge in [-0.1, -0.05) is 24.6 Å². The highest BCUT2D eigenvalue weighted by molar-refractivity contribution is 5.93. The van der Waals surface area contributed by atoms with Gasteiger partial charge in [-0.05, 0) is 58.2 Å². The maximum atomic E-state index is 5.36. The number of nitrogens with zero attached hydrogens (tertiary/aromatic N) is 3. The van der Waals surface area contributed by atoms with E-state index in [0.717, 1.165) is 40.2 Å². The minimum Gasteiger partial charge on any atom is -0.383 e. The van der Waals surface area contributed by atoms with E-state index in [2.05, 4.69) is 58.1 Å². The summed E-state index contributed by atoms with van der Waals surface area (Å²) in [6, 6.07) is 6.76. The van der Waals surface area contributed by atoms with Crippen LogP contribution in [0.1, 0.15) is 41.4 Å². The van der Waals surface area contributed by atoms with Gasteiger partial charge in [-0.15, -0.1) is 0 Å². The van der Waals surface area contributed by atoms with Crippen molar-refractivity contribution < 1.29 is 4.74 Å². The van der Waals surface area contributed by atoms with Crippen molar-refractivity contribution in [3.63, 3.8) is 0 Å². The van der Waals surface area contributed by atoms with E-state index in [0.29, 0.717) is 6.61 Å². The zero-order valence-corrected chi connectivity index (χ0v) is 17.5. The van der Waals surface area contributed by atoms with Gasteiger partial charge in [-0.2, -0.15) is 5.10 Å². The van der Waals surface area contributed by atoms with Crippen LogP contribution in [-0.4, -0.2) is 34.5 Å². The van der Waals surface area contributed by atoms with Crippen LogP contribution in [0.2, 0.25) is 0 Å². The predicted molar refractivity (Wildman–Crippen MR) is 112 cm³/mol. The largest absolute Gasteiger partial charge is 0.383 e. The van der Waals surface area contributed by atoms with E-state index in [9.17, 15) is 0 Å². The highest BCUT2D eigenvalue weighted by Gasteiger charge is 2.19. The number of rotatable bonds is 6. The molecule has 0 aliphatic rings. The highest BCUT2D eigenvalue weighted by Crippen LogP contribution is 2.31. The number of ether oxygens (including phenoxy) is 1. The maximum Gasteiger partial charge on any atom is 0.165 e. The van der Waals surface area contributed by atoms with Crippen LogP contribution >= 0.6 is 0 Å². The fourth-order valence-corrected chi connectivity index (χ4v) is 3.87. The van der Waals surface area contributed by atoms with Crippen molar-refractivity contribution >= 4 is 16.7 Å². The van der Waals surface area contributed by atoms with E-state index >= 15 is 0 Å².